The van der Waals surface area contributed by atoms with E-state index in [1.54, 1.807) is 18.3 Å². The summed E-state index contributed by atoms with van der Waals surface area (Å²) in [6.45, 7) is 0.515. The first kappa shape index (κ1) is 18.7. The van der Waals surface area contributed by atoms with E-state index in [1.807, 2.05) is 24.3 Å². The summed E-state index contributed by atoms with van der Waals surface area (Å²) in [5.74, 6) is 0.858. The van der Waals surface area contributed by atoms with Gasteiger partial charge in [-0.3, -0.25) is 9.36 Å². The summed E-state index contributed by atoms with van der Waals surface area (Å²) in [6, 6.07) is 10.9. The van der Waals surface area contributed by atoms with Gasteiger partial charge in [0.2, 0.25) is 11.8 Å². The first-order valence-electron chi connectivity index (χ1n) is 9.39. The minimum Gasteiger partial charge on any atom is -0.373 e. The largest absolute Gasteiger partial charge is 0.373 e. The van der Waals surface area contributed by atoms with Gasteiger partial charge in [-0.1, -0.05) is 28.9 Å². The van der Waals surface area contributed by atoms with Crippen LogP contribution in [0.15, 0.2) is 51.9 Å². The molecule has 3 aromatic heterocycles. The Hall–Kier alpha value is -3.30. The maximum absolute atomic E-state index is 12.7. The van der Waals surface area contributed by atoms with Crippen LogP contribution in [0.2, 0.25) is 5.02 Å². The molecule has 5 rings (SSSR count). The zero-order chi connectivity index (χ0) is 20.7. The molecule has 1 saturated heterocycles. The molecule has 1 aliphatic rings. The fourth-order valence-corrected chi connectivity index (χ4v) is 3.70. The van der Waals surface area contributed by atoms with E-state index in [1.165, 1.54) is 4.57 Å². The molecule has 0 radical (unpaired) electrons. The molecule has 1 fully saturated rings. The van der Waals surface area contributed by atoms with Gasteiger partial charge < -0.3 is 15.0 Å². The summed E-state index contributed by atoms with van der Waals surface area (Å²) >= 11 is 5.95. The van der Waals surface area contributed by atoms with Crippen molar-refractivity contribution >= 4 is 28.6 Å². The second-order valence-electron chi connectivity index (χ2n) is 7.09. The fourth-order valence-electron chi connectivity index (χ4n) is 3.57. The van der Waals surface area contributed by atoms with Crippen LogP contribution in [0.25, 0.3) is 11.0 Å². The van der Waals surface area contributed by atoms with Crippen molar-refractivity contribution in [2.75, 3.05) is 12.3 Å². The Kier molecular flexibility index (Phi) is 4.68. The molecule has 4 aromatic rings. The number of anilines is 1. The molecule has 0 unspecified atom stereocenters. The lowest BCUT2D eigenvalue weighted by atomic mass is 10.0. The van der Waals surface area contributed by atoms with Crippen molar-refractivity contribution in [2.45, 2.75) is 25.0 Å². The van der Waals surface area contributed by atoms with Crippen LogP contribution in [0.1, 0.15) is 35.7 Å². The zero-order valence-electron chi connectivity index (χ0n) is 15.7. The summed E-state index contributed by atoms with van der Waals surface area (Å²) in [4.78, 5) is 25.4. The van der Waals surface area contributed by atoms with E-state index in [2.05, 4.69) is 20.1 Å². The molecule has 4 heterocycles. The molecule has 0 amide bonds. The van der Waals surface area contributed by atoms with Crippen LogP contribution in [0.3, 0.4) is 0 Å². The lowest BCUT2D eigenvalue weighted by Gasteiger charge is -2.09. The molecule has 9 nitrogen and oxygen atoms in total. The number of aromatic nitrogens is 5. The number of nitrogens with zero attached hydrogens (tertiary/aromatic N) is 5. The number of rotatable bonds is 4. The van der Waals surface area contributed by atoms with Gasteiger partial charge in [0.1, 0.15) is 6.54 Å². The second-order valence-corrected chi connectivity index (χ2v) is 7.52. The van der Waals surface area contributed by atoms with Gasteiger partial charge in [-0.05, 0) is 36.2 Å². The zero-order valence-corrected chi connectivity index (χ0v) is 16.5. The Bertz CT molecular complexity index is 1270. The molecule has 152 valence electrons. The molecule has 10 heteroatoms. The van der Waals surface area contributed by atoms with E-state index in [4.69, 9.17) is 26.6 Å². The lowest BCUT2D eigenvalue weighted by Crippen LogP contribution is -2.25. The Labute approximate surface area is 175 Å². The molecule has 2 N–H and O–H groups in total. The van der Waals surface area contributed by atoms with Crippen molar-refractivity contribution in [1.82, 2.24) is 24.7 Å². The highest BCUT2D eigenvalue weighted by molar-refractivity contribution is 6.30. The first-order valence-corrected chi connectivity index (χ1v) is 9.77. The summed E-state index contributed by atoms with van der Waals surface area (Å²) in [6.07, 6.45) is 2.24. The van der Waals surface area contributed by atoms with Crippen LogP contribution in [0, 0.1) is 0 Å². The quantitative estimate of drug-likeness (QED) is 0.530. The maximum atomic E-state index is 12.7. The number of pyridine rings is 1. The monoisotopic (exact) mass is 424 g/mol. The first-order chi connectivity index (χ1) is 14.6. The Morgan fingerprint density at radius 3 is 2.87 bits per heavy atom. The number of ether oxygens (including phenoxy) is 1. The highest BCUT2D eigenvalue weighted by Crippen LogP contribution is 2.37. The molecular weight excluding hydrogens is 408 g/mol. The SMILES string of the molecule is Nc1nc2ncccc2c(=O)n1Cc1nc([C@@H]2CO[C@@H](c3ccc(Cl)cc3)C2)no1. The number of nitrogen functional groups attached to an aromatic ring is 1. The van der Waals surface area contributed by atoms with Gasteiger partial charge in [-0.25, -0.2) is 4.98 Å². The van der Waals surface area contributed by atoms with E-state index >= 15 is 0 Å². The third kappa shape index (κ3) is 3.42. The topological polar surface area (TPSA) is 122 Å². The standard InChI is InChI=1S/C20H17ClN6O3/c21-13-5-3-11(4-6-13)15-8-12(10-29-15)17-24-16(30-26-17)9-27-19(28)14-2-1-7-23-18(14)25-20(27)22/h1-7,12,15H,8-10H2,(H2,22,23,25)/t12-,15+/m0/s1. The number of nitrogens with two attached hydrogens (primary N) is 1. The number of hydrogen-bond donors (Lipinski definition) is 1. The summed E-state index contributed by atoms with van der Waals surface area (Å²) in [5.41, 5.74) is 7.00. The highest BCUT2D eigenvalue weighted by Gasteiger charge is 2.31. The van der Waals surface area contributed by atoms with E-state index in [9.17, 15) is 4.79 Å². The predicted octanol–water partition coefficient (Wildman–Crippen LogP) is 2.70. The van der Waals surface area contributed by atoms with Gasteiger partial charge in [0, 0.05) is 17.1 Å². The number of benzene rings is 1. The van der Waals surface area contributed by atoms with Crippen molar-refractivity contribution in [3.63, 3.8) is 0 Å². The smallest absolute Gasteiger partial charge is 0.264 e. The van der Waals surface area contributed by atoms with Gasteiger partial charge in [0.05, 0.1) is 18.1 Å². The van der Waals surface area contributed by atoms with Crippen molar-refractivity contribution in [3.8, 4) is 0 Å². The summed E-state index contributed by atoms with van der Waals surface area (Å²) in [5, 5.41) is 5.14. The van der Waals surface area contributed by atoms with Crippen LogP contribution in [0.5, 0.6) is 0 Å². The van der Waals surface area contributed by atoms with E-state index in [0.717, 1.165) is 12.0 Å². The number of hydrogen-bond acceptors (Lipinski definition) is 8. The van der Waals surface area contributed by atoms with Crippen LogP contribution in [-0.2, 0) is 11.3 Å². The van der Waals surface area contributed by atoms with Crippen molar-refractivity contribution in [3.05, 3.63) is 75.3 Å². The van der Waals surface area contributed by atoms with Gasteiger partial charge in [0.25, 0.3) is 5.56 Å². The van der Waals surface area contributed by atoms with E-state index in [-0.39, 0.29) is 36.0 Å². The minimum atomic E-state index is -0.308. The van der Waals surface area contributed by atoms with Crippen molar-refractivity contribution in [2.24, 2.45) is 0 Å². The van der Waals surface area contributed by atoms with Crippen LogP contribution >= 0.6 is 11.6 Å². The van der Waals surface area contributed by atoms with Crippen molar-refractivity contribution < 1.29 is 9.26 Å². The van der Waals surface area contributed by atoms with Gasteiger partial charge in [0.15, 0.2) is 11.5 Å². The molecule has 0 bridgehead atoms. The van der Waals surface area contributed by atoms with Gasteiger partial charge in [-0.15, -0.1) is 0 Å². The predicted molar refractivity (Wildman–Crippen MR) is 109 cm³/mol. The maximum Gasteiger partial charge on any atom is 0.264 e. The number of fused-ring (bicyclic) bond motifs is 1. The van der Waals surface area contributed by atoms with Crippen LogP contribution in [-0.4, -0.2) is 31.3 Å². The summed E-state index contributed by atoms with van der Waals surface area (Å²) < 4.78 is 12.6. The molecule has 0 saturated carbocycles. The van der Waals surface area contributed by atoms with Gasteiger partial charge >= 0.3 is 0 Å². The number of halogens is 1. The Morgan fingerprint density at radius 2 is 2.03 bits per heavy atom. The molecule has 2 atom stereocenters. The Morgan fingerprint density at radius 1 is 1.20 bits per heavy atom. The minimum absolute atomic E-state index is 0.00354. The fraction of sp³-hybridized carbons (Fsp3) is 0.250. The molecule has 1 aliphatic heterocycles. The molecule has 1 aromatic carbocycles. The molecule has 0 spiro atoms. The van der Waals surface area contributed by atoms with E-state index < -0.39 is 0 Å². The summed E-state index contributed by atoms with van der Waals surface area (Å²) in [7, 11) is 0. The third-order valence-electron chi connectivity index (χ3n) is 5.14. The molecule has 30 heavy (non-hydrogen) atoms. The second kappa shape index (κ2) is 7.51. The Balaban J connectivity index is 1.35. The average molecular weight is 425 g/mol. The van der Waals surface area contributed by atoms with Crippen molar-refractivity contribution in [1.29, 1.82) is 0 Å². The molecule has 0 aliphatic carbocycles. The van der Waals surface area contributed by atoms with E-state index in [0.29, 0.717) is 28.5 Å². The van der Waals surface area contributed by atoms with Crippen LogP contribution < -0.4 is 11.3 Å². The third-order valence-corrected chi connectivity index (χ3v) is 5.39. The lowest BCUT2D eigenvalue weighted by molar-refractivity contribution is 0.110. The molecular formula is C20H17ClN6O3. The normalized spacial score (nSPS) is 18.8. The van der Waals surface area contributed by atoms with Gasteiger partial charge in [-0.2, -0.15) is 9.97 Å². The average Bonchev–Trinajstić information content (AvgIpc) is 3.41. The van der Waals surface area contributed by atoms with Crippen LogP contribution in [0.4, 0.5) is 5.95 Å². The highest BCUT2D eigenvalue weighted by atomic mass is 35.5.